The highest BCUT2D eigenvalue weighted by Gasteiger charge is 2.37. The van der Waals surface area contributed by atoms with Gasteiger partial charge in [0.05, 0.1) is 11.3 Å². The minimum absolute atomic E-state index is 0.266. The Morgan fingerprint density at radius 2 is 1.78 bits per heavy atom. The molecule has 4 rings (SSSR count). The van der Waals surface area contributed by atoms with Crippen molar-refractivity contribution in [3.05, 3.63) is 75.3 Å². The van der Waals surface area contributed by atoms with E-state index in [0.29, 0.717) is 17.0 Å². The number of alkyl halides is 3. The highest BCUT2D eigenvalue weighted by molar-refractivity contribution is 6.30. The maximum atomic E-state index is 12.9. The largest absolute Gasteiger partial charge is 0.416 e. The van der Waals surface area contributed by atoms with Gasteiger partial charge in [0.1, 0.15) is 6.04 Å². The molecule has 6 heteroatoms. The number of halogens is 4. The van der Waals surface area contributed by atoms with Crippen molar-refractivity contribution in [1.29, 1.82) is 0 Å². The Balaban J connectivity index is 1.76. The van der Waals surface area contributed by atoms with Gasteiger partial charge in [-0.3, -0.25) is 0 Å². The van der Waals surface area contributed by atoms with E-state index in [1.165, 1.54) is 12.1 Å². The molecule has 0 bridgehead atoms. The summed E-state index contributed by atoms with van der Waals surface area (Å²) >= 11 is 5.89. The highest BCUT2D eigenvalue weighted by Crippen LogP contribution is 2.48. The molecule has 0 aromatic heterocycles. The van der Waals surface area contributed by atoms with E-state index in [2.05, 4.69) is 10.2 Å². The van der Waals surface area contributed by atoms with Crippen molar-refractivity contribution >= 4 is 17.3 Å². The summed E-state index contributed by atoms with van der Waals surface area (Å²) in [6, 6.07) is 10.8. The molecular formula is C17H10ClF3N2. The van der Waals surface area contributed by atoms with E-state index in [1.54, 1.807) is 12.1 Å². The molecular weight excluding hydrogens is 325 g/mol. The second-order valence-electron chi connectivity index (χ2n) is 5.59. The van der Waals surface area contributed by atoms with Crippen molar-refractivity contribution in [2.24, 2.45) is 10.2 Å². The monoisotopic (exact) mass is 334 g/mol. The molecule has 116 valence electrons. The van der Waals surface area contributed by atoms with Crippen molar-refractivity contribution in [3.63, 3.8) is 0 Å². The van der Waals surface area contributed by atoms with Gasteiger partial charge in [0.15, 0.2) is 0 Å². The number of nitrogens with zero attached hydrogens (tertiary/aromatic N) is 2. The summed E-state index contributed by atoms with van der Waals surface area (Å²) in [5.74, 6) is 0. The second-order valence-corrected chi connectivity index (χ2v) is 6.02. The Hall–Kier alpha value is -2.14. The summed E-state index contributed by atoms with van der Waals surface area (Å²) in [6.07, 6.45) is -3.89. The molecule has 23 heavy (non-hydrogen) atoms. The van der Waals surface area contributed by atoms with E-state index in [0.717, 1.165) is 28.5 Å². The van der Waals surface area contributed by atoms with E-state index in [4.69, 9.17) is 11.6 Å². The first-order valence-electron chi connectivity index (χ1n) is 7.03. The molecule has 2 aromatic rings. The molecule has 2 aliphatic rings. The lowest BCUT2D eigenvalue weighted by molar-refractivity contribution is -0.137. The van der Waals surface area contributed by atoms with Crippen LogP contribution in [-0.2, 0) is 12.6 Å². The van der Waals surface area contributed by atoms with Crippen molar-refractivity contribution in [3.8, 4) is 0 Å². The van der Waals surface area contributed by atoms with Crippen molar-refractivity contribution in [1.82, 2.24) is 0 Å². The standard InChI is InChI=1S/C17H10ClF3N2/c18-12-4-1-9(2-5-12)15-14-8-10-7-11(17(19,20)21)3-6-13(10)16(14)23-22-15/h1-7,16H,8H2. The first kappa shape index (κ1) is 14.5. The molecule has 0 saturated heterocycles. The Labute approximate surface area is 135 Å². The molecule has 2 aromatic carbocycles. The van der Waals surface area contributed by atoms with Crippen LogP contribution < -0.4 is 0 Å². The first-order valence-corrected chi connectivity index (χ1v) is 7.41. The SMILES string of the molecule is FC(F)(F)c1ccc2c(c1)CC1=C(c3ccc(Cl)cc3)N=NC12. The lowest BCUT2D eigenvalue weighted by atomic mass is 10.0. The van der Waals surface area contributed by atoms with Crippen LogP contribution in [0.5, 0.6) is 0 Å². The Bertz CT molecular complexity index is 851. The maximum Gasteiger partial charge on any atom is 0.416 e. The van der Waals surface area contributed by atoms with E-state index in [-0.39, 0.29) is 6.04 Å². The van der Waals surface area contributed by atoms with Crippen LogP contribution in [0.1, 0.15) is 28.3 Å². The van der Waals surface area contributed by atoms with E-state index in [9.17, 15) is 13.2 Å². The van der Waals surface area contributed by atoms with Gasteiger partial charge in [-0.15, -0.1) is 0 Å². The Morgan fingerprint density at radius 1 is 1.04 bits per heavy atom. The van der Waals surface area contributed by atoms with Gasteiger partial charge in [-0.1, -0.05) is 29.8 Å². The predicted molar refractivity (Wildman–Crippen MR) is 81.1 cm³/mol. The molecule has 1 atom stereocenters. The van der Waals surface area contributed by atoms with Crippen molar-refractivity contribution in [2.75, 3.05) is 0 Å². The topological polar surface area (TPSA) is 24.7 Å². The normalized spacial score (nSPS) is 19.2. The van der Waals surface area contributed by atoms with Crippen molar-refractivity contribution < 1.29 is 13.2 Å². The third kappa shape index (κ3) is 2.36. The lowest BCUT2D eigenvalue weighted by Gasteiger charge is -2.09. The summed E-state index contributed by atoms with van der Waals surface area (Å²) in [5, 5.41) is 9.10. The van der Waals surface area contributed by atoms with Crippen LogP contribution in [0.25, 0.3) is 5.70 Å². The summed E-state index contributed by atoms with van der Waals surface area (Å²) in [5.41, 5.74) is 3.41. The highest BCUT2D eigenvalue weighted by atomic mass is 35.5. The average molecular weight is 335 g/mol. The zero-order valence-corrected chi connectivity index (χ0v) is 12.5. The quantitative estimate of drug-likeness (QED) is 0.626. The summed E-state index contributed by atoms with van der Waals surface area (Å²) in [6.45, 7) is 0. The van der Waals surface area contributed by atoms with Crippen LogP contribution in [0.3, 0.4) is 0 Å². The van der Waals surface area contributed by atoms with Gasteiger partial charge in [-0.05, 0) is 47.4 Å². The fraction of sp³-hybridized carbons (Fsp3) is 0.176. The van der Waals surface area contributed by atoms with Crippen LogP contribution in [0, 0.1) is 0 Å². The van der Waals surface area contributed by atoms with Gasteiger partial charge < -0.3 is 0 Å². The van der Waals surface area contributed by atoms with E-state index >= 15 is 0 Å². The van der Waals surface area contributed by atoms with Crippen LogP contribution in [0.4, 0.5) is 13.2 Å². The molecule has 0 amide bonds. The molecule has 2 nitrogen and oxygen atoms in total. The van der Waals surface area contributed by atoms with Crippen molar-refractivity contribution in [2.45, 2.75) is 18.6 Å². The molecule has 0 spiro atoms. The first-order chi connectivity index (χ1) is 10.9. The zero-order valence-electron chi connectivity index (χ0n) is 11.7. The molecule has 0 N–H and O–H groups in total. The number of rotatable bonds is 1. The van der Waals surface area contributed by atoms with Gasteiger partial charge in [-0.2, -0.15) is 23.4 Å². The third-order valence-corrected chi connectivity index (χ3v) is 4.42. The molecule has 1 heterocycles. The van der Waals surface area contributed by atoms with Gasteiger partial charge >= 0.3 is 6.18 Å². The maximum absolute atomic E-state index is 12.9. The average Bonchev–Trinajstić information content (AvgIpc) is 3.05. The second kappa shape index (κ2) is 4.93. The van der Waals surface area contributed by atoms with Gasteiger partial charge in [0.25, 0.3) is 0 Å². The van der Waals surface area contributed by atoms with E-state index < -0.39 is 11.7 Å². The minimum atomic E-state index is -4.33. The molecule has 1 aliphatic heterocycles. The number of fused-ring (bicyclic) bond motifs is 3. The summed E-state index contributed by atoms with van der Waals surface area (Å²) in [7, 11) is 0. The number of hydrogen-bond donors (Lipinski definition) is 0. The van der Waals surface area contributed by atoms with E-state index in [1.807, 2.05) is 12.1 Å². The Morgan fingerprint density at radius 3 is 2.48 bits per heavy atom. The predicted octanol–water partition coefficient (Wildman–Crippen LogP) is 5.83. The molecule has 1 unspecified atom stereocenters. The summed E-state index contributed by atoms with van der Waals surface area (Å²) < 4.78 is 38.6. The number of hydrogen-bond acceptors (Lipinski definition) is 2. The molecule has 0 saturated carbocycles. The fourth-order valence-electron chi connectivity index (χ4n) is 3.07. The zero-order chi connectivity index (χ0) is 16.2. The third-order valence-electron chi connectivity index (χ3n) is 4.17. The van der Waals surface area contributed by atoms with Gasteiger partial charge in [0.2, 0.25) is 0 Å². The minimum Gasteiger partial charge on any atom is -0.176 e. The number of benzene rings is 2. The molecule has 0 fully saturated rings. The lowest BCUT2D eigenvalue weighted by Crippen LogP contribution is -2.05. The fourth-order valence-corrected chi connectivity index (χ4v) is 3.19. The van der Waals surface area contributed by atoms with Crippen LogP contribution in [0.2, 0.25) is 5.02 Å². The molecule has 0 radical (unpaired) electrons. The summed E-state index contributed by atoms with van der Waals surface area (Å²) in [4.78, 5) is 0. The molecule has 1 aliphatic carbocycles. The Kier molecular flexibility index (Phi) is 3.10. The van der Waals surface area contributed by atoms with Crippen LogP contribution in [0.15, 0.2) is 58.3 Å². The van der Waals surface area contributed by atoms with Crippen LogP contribution >= 0.6 is 11.6 Å². The van der Waals surface area contributed by atoms with Gasteiger partial charge in [-0.25, -0.2) is 0 Å². The number of azo groups is 1. The van der Waals surface area contributed by atoms with Crippen LogP contribution in [-0.4, -0.2) is 0 Å². The smallest absolute Gasteiger partial charge is 0.176 e. The van der Waals surface area contributed by atoms with Gasteiger partial charge in [0, 0.05) is 10.6 Å².